The molecule has 1 saturated carbocycles. The summed E-state index contributed by atoms with van der Waals surface area (Å²) in [5.41, 5.74) is 0.604. The number of nitrogens with one attached hydrogen (secondary N) is 1. The number of aliphatic carboxylic acids is 1. The molecule has 1 aliphatic carbocycles. The maximum Gasteiger partial charge on any atom is 0.307 e. The molecule has 1 fully saturated rings. The monoisotopic (exact) mass is 310 g/mol. The summed E-state index contributed by atoms with van der Waals surface area (Å²) in [6.07, 6.45) is 0.318. The van der Waals surface area contributed by atoms with E-state index >= 15 is 0 Å². The van der Waals surface area contributed by atoms with Gasteiger partial charge in [-0.05, 0) is 24.6 Å². The van der Waals surface area contributed by atoms with E-state index in [-0.39, 0.29) is 5.91 Å². The van der Waals surface area contributed by atoms with Gasteiger partial charge in [-0.15, -0.1) is 0 Å². The van der Waals surface area contributed by atoms with Gasteiger partial charge in [-0.2, -0.15) is 0 Å². The summed E-state index contributed by atoms with van der Waals surface area (Å²) in [6, 6.07) is 4.57. The number of nitrogens with zero attached hydrogens (tertiary/aromatic N) is 1. The Morgan fingerprint density at radius 2 is 1.95 bits per heavy atom. The Morgan fingerprint density at radius 3 is 2.48 bits per heavy atom. The van der Waals surface area contributed by atoms with Gasteiger partial charge in [0, 0.05) is 19.1 Å². The maximum atomic E-state index is 12.1. The average Bonchev–Trinajstić information content (AvgIpc) is 3.18. The minimum atomic E-state index is -0.981. The third-order valence-electron chi connectivity index (χ3n) is 3.32. The lowest BCUT2D eigenvalue weighted by Crippen LogP contribution is -2.24. The van der Waals surface area contributed by atoms with E-state index in [0.29, 0.717) is 22.7 Å². The van der Waals surface area contributed by atoms with Crippen LogP contribution in [0.1, 0.15) is 16.8 Å². The predicted octanol–water partition coefficient (Wildman–Crippen LogP) is 1.70. The number of hydrogen-bond acceptors (Lipinski definition) is 3. The molecule has 2 amide bonds. The first kappa shape index (κ1) is 15.3. The molecule has 0 radical (unpaired) electrons. The van der Waals surface area contributed by atoms with Crippen LogP contribution in [0.3, 0.4) is 0 Å². The van der Waals surface area contributed by atoms with E-state index in [1.165, 1.54) is 17.0 Å². The maximum absolute atomic E-state index is 12.1. The molecule has 21 heavy (non-hydrogen) atoms. The Hall–Kier alpha value is -2.08. The molecule has 1 aromatic rings. The van der Waals surface area contributed by atoms with Crippen LogP contribution >= 0.6 is 11.6 Å². The van der Waals surface area contributed by atoms with E-state index < -0.39 is 23.7 Å². The van der Waals surface area contributed by atoms with Crippen molar-refractivity contribution in [2.75, 3.05) is 19.4 Å². The molecule has 0 bridgehead atoms. The van der Waals surface area contributed by atoms with Gasteiger partial charge in [-0.1, -0.05) is 11.6 Å². The molecule has 7 heteroatoms. The predicted molar refractivity (Wildman–Crippen MR) is 77.3 cm³/mol. The molecular weight excluding hydrogens is 296 g/mol. The molecule has 0 saturated heterocycles. The standard InChI is InChI=1S/C14H15ClN2O4/c1-17(2)13(19)8-4-3-7(15)5-11(8)16-12(18)9-6-10(9)14(20)21/h3-5,9-10H,6H2,1-2H3,(H,16,18)(H,20,21)/t9-,10+/m1/s1. The number of benzene rings is 1. The normalized spacial score (nSPS) is 19.8. The van der Waals surface area contributed by atoms with Crippen LogP contribution in [0.2, 0.25) is 5.02 Å². The first-order valence-corrected chi connectivity index (χ1v) is 6.74. The largest absolute Gasteiger partial charge is 0.481 e. The lowest BCUT2D eigenvalue weighted by Gasteiger charge is -2.15. The molecule has 2 N–H and O–H groups in total. The number of carbonyl (C=O) groups is 3. The van der Waals surface area contributed by atoms with Crippen molar-refractivity contribution in [2.45, 2.75) is 6.42 Å². The molecule has 0 aromatic heterocycles. The summed E-state index contributed by atoms with van der Waals surface area (Å²) in [5, 5.41) is 11.8. The fraction of sp³-hybridized carbons (Fsp3) is 0.357. The molecule has 0 unspecified atom stereocenters. The third kappa shape index (κ3) is 3.33. The molecule has 2 rings (SSSR count). The molecule has 0 spiro atoms. The number of anilines is 1. The van der Waals surface area contributed by atoms with Crippen LogP contribution in [0.5, 0.6) is 0 Å². The Kier molecular flexibility index (Phi) is 4.18. The fourth-order valence-electron chi connectivity index (χ4n) is 2.03. The first-order chi connectivity index (χ1) is 9.81. The second-order valence-electron chi connectivity index (χ2n) is 5.17. The van der Waals surface area contributed by atoms with Crippen molar-refractivity contribution >= 4 is 35.1 Å². The van der Waals surface area contributed by atoms with E-state index in [9.17, 15) is 14.4 Å². The highest BCUT2D eigenvalue weighted by molar-refractivity contribution is 6.31. The number of rotatable bonds is 4. The summed E-state index contributed by atoms with van der Waals surface area (Å²) < 4.78 is 0. The van der Waals surface area contributed by atoms with Crippen LogP contribution in [0.15, 0.2) is 18.2 Å². The van der Waals surface area contributed by atoms with Gasteiger partial charge >= 0.3 is 5.97 Å². The zero-order chi connectivity index (χ0) is 15.7. The van der Waals surface area contributed by atoms with Gasteiger partial charge in [0.2, 0.25) is 5.91 Å². The number of carbonyl (C=O) groups excluding carboxylic acids is 2. The molecule has 1 aromatic carbocycles. The number of carboxylic acids is 1. The van der Waals surface area contributed by atoms with Crippen molar-refractivity contribution in [3.05, 3.63) is 28.8 Å². The van der Waals surface area contributed by atoms with Crippen molar-refractivity contribution in [3.63, 3.8) is 0 Å². The topological polar surface area (TPSA) is 86.7 Å². The number of hydrogen-bond donors (Lipinski definition) is 2. The average molecular weight is 311 g/mol. The van der Waals surface area contributed by atoms with Crippen LogP contribution in [-0.2, 0) is 9.59 Å². The highest BCUT2D eigenvalue weighted by atomic mass is 35.5. The SMILES string of the molecule is CN(C)C(=O)c1ccc(Cl)cc1NC(=O)[C@@H]1C[C@@H]1C(=O)O. The minimum absolute atomic E-state index is 0.271. The second-order valence-corrected chi connectivity index (χ2v) is 5.60. The molecule has 2 atom stereocenters. The van der Waals surface area contributed by atoms with E-state index in [0.717, 1.165) is 0 Å². The van der Waals surface area contributed by atoms with Gasteiger partial charge in [0.05, 0.1) is 23.1 Å². The first-order valence-electron chi connectivity index (χ1n) is 6.36. The molecule has 6 nitrogen and oxygen atoms in total. The smallest absolute Gasteiger partial charge is 0.307 e. The second kappa shape index (κ2) is 5.73. The Bertz CT molecular complexity index is 615. The van der Waals surface area contributed by atoms with E-state index in [4.69, 9.17) is 16.7 Å². The number of halogens is 1. The Balaban J connectivity index is 2.19. The summed E-state index contributed by atoms with van der Waals surface area (Å²) in [5.74, 6) is -2.85. The van der Waals surface area contributed by atoms with E-state index in [1.54, 1.807) is 20.2 Å². The van der Waals surface area contributed by atoms with Gasteiger partial charge < -0.3 is 15.3 Å². The van der Waals surface area contributed by atoms with E-state index in [1.807, 2.05) is 0 Å². The van der Waals surface area contributed by atoms with Gasteiger partial charge in [0.1, 0.15) is 0 Å². The molecule has 0 heterocycles. The van der Waals surface area contributed by atoms with Crippen molar-refractivity contribution in [1.82, 2.24) is 4.90 Å². The zero-order valence-electron chi connectivity index (χ0n) is 11.6. The fourth-order valence-corrected chi connectivity index (χ4v) is 2.20. The molecular formula is C14H15ClN2O4. The highest BCUT2D eigenvalue weighted by Gasteiger charge is 2.48. The number of amides is 2. The van der Waals surface area contributed by atoms with Crippen molar-refractivity contribution < 1.29 is 19.5 Å². The Morgan fingerprint density at radius 1 is 1.29 bits per heavy atom. The summed E-state index contributed by atoms with van der Waals surface area (Å²) in [7, 11) is 3.20. The van der Waals surface area contributed by atoms with Crippen molar-refractivity contribution in [2.24, 2.45) is 11.8 Å². The number of carboxylic acid groups (broad SMARTS) is 1. The molecule has 112 valence electrons. The summed E-state index contributed by atoms with van der Waals surface area (Å²) in [6.45, 7) is 0. The minimum Gasteiger partial charge on any atom is -0.481 e. The molecule has 1 aliphatic rings. The van der Waals surface area contributed by atoms with Gasteiger partial charge in [0.15, 0.2) is 0 Å². The third-order valence-corrected chi connectivity index (χ3v) is 3.56. The van der Waals surface area contributed by atoms with E-state index in [2.05, 4.69) is 5.32 Å². The lowest BCUT2D eigenvalue weighted by molar-refractivity contribution is -0.139. The van der Waals surface area contributed by atoms with Crippen LogP contribution in [-0.4, -0.2) is 41.9 Å². The van der Waals surface area contributed by atoms with Crippen molar-refractivity contribution in [1.29, 1.82) is 0 Å². The van der Waals surface area contributed by atoms with Crippen LogP contribution in [0.4, 0.5) is 5.69 Å². The quantitative estimate of drug-likeness (QED) is 0.886. The van der Waals surface area contributed by atoms with Crippen LogP contribution in [0.25, 0.3) is 0 Å². The Labute approximate surface area is 126 Å². The highest BCUT2D eigenvalue weighted by Crippen LogP contribution is 2.39. The lowest BCUT2D eigenvalue weighted by atomic mass is 10.1. The summed E-state index contributed by atoms with van der Waals surface area (Å²) >= 11 is 5.89. The van der Waals surface area contributed by atoms with Gasteiger partial charge in [-0.25, -0.2) is 0 Å². The van der Waals surface area contributed by atoms with Gasteiger partial charge in [-0.3, -0.25) is 14.4 Å². The van der Waals surface area contributed by atoms with Crippen LogP contribution < -0.4 is 5.32 Å². The van der Waals surface area contributed by atoms with Crippen molar-refractivity contribution in [3.8, 4) is 0 Å². The zero-order valence-corrected chi connectivity index (χ0v) is 12.3. The summed E-state index contributed by atoms with van der Waals surface area (Å²) in [4.78, 5) is 36.2. The van der Waals surface area contributed by atoms with Crippen LogP contribution in [0, 0.1) is 11.8 Å². The van der Waals surface area contributed by atoms with Gasteiger partial charge in [0.25, 0.3) is 5.91 Å². The molecule has 0 aliphatic heterocycles.